The molecule has 10 nitrogen and oxygen atoms in total. The molecule has 3 amide bonds. The number of nitrogens with zero attached hydrogens (tertiary/aromatic N) is 4. The number of anilines is 2. The summed E-state index contributed by atoms with van der Waals surface area (Å²) in [4.78, 5) is 47.4. The molecule has 9 rings (SSSR count). The molecule has 4 aliphatic heterocycles. The zero-order valence-corrected chi connectivity index (χ0v) is 31.8. The molecule has 4 aliphatic rings. The third-order valence-electron chi connectivity index (χ3n) is 11.7. The number of ether oxygens (including phenoxy) is 1. The van der Waals surface area contributed by atoms with Gasteiger partial charge >= 0.3 is 0 Å². The van der Waals surface area contributed by atoms with Gasteiger partial charge in [-0.05, 0) is 97.0 Å². The number of phenols is 1. The number of aromatic hydroxyl groups is 1. The van der Waals surface area contributed by atoms with Gasteiger partial charge in [-0.2, -0.15) is 0 Å². The first-order valence-corrected chi connectivity index (χ1v) is 20.2. The summed E-state index contributed by atoms with van der Waals surface area (Å²) in [5.74, 6) is 1.74. The number of nitrogens with one attached hydrogen (secondary N) is 1. The van der Waals surface area contributed by atoms with Gasteiger partial charge in [-0.15, -0.1) is 11.3 Å². The Hall–Kier alpha value is -5.33. The van der Waals surface area contributed by atoms with E-state index in [4.69, 9.17) is 4.74 Å². The van der Waals surface area contributed by atoms with E-state index in [1.165, 1.54) is 11.2 Å². The van der Waals surface area contributed by atoms with Crippen LogP contribution >= 0.6 is 11.3 Å². The van der Waals surface area contributed by atoms with Crippen molar-refractivity contribution in [2.45, 2.75) is 38.3 Å². The van der Waals surface area contributed by atoms with E-state index in [0.717, 1.165) is 102 Å². The van der Waals surface area contributed by atoms with Crippen molar-refractivity contribution in [1.29, 1.82) is 0 Å². The number of carbonyl (C=O) groups excluding carboxylic acids is 3. The zero-order chi connectivity index (χ0) is 37.6. The molecule has 3 fully saturated rings. The Morgan fingerprint density at radius 1 is 0.800 bits per heavy atom. The van der Waals surface area contributed by atoms with Gasteiger partial charge in [0.15, 0.2) is 5.75 Å². The summed E-state index contributed by atoms with van der Waals surface area (Å²) in [6.45, 7) is 7.53. The number of thiophene rings is 1. The van der Waals surface area contributed by atoms with Crippen LogP contribution in [0.2, 0.25) is 0 Å². The van der Waals surface area contributed by atoms with Crippen molar-refractivity contribution in [2.24, 2.45) is 5.92 Å². The molecular weight excluding hydrogens is 709 g/mol. The number of piperazine rings is 1. The predicted octanol–water partition coefficient (Wildman–Crippen LogP) is 5.12. The number of imide groups is 1. The quantitative estimate of drug-likeness (QED) is 0.166. The van der Waals surface area contributed by atoms with E-state index in [-0.39, 0.29) is 29.9 Å². The Labute approximate surface area is 325 Å². The van der Waals surface area contributed by atoms with E-state index in [1.54, 1.807) is 28.4 Å². The summed E-state index contributed by atoms with van der Waals surface area (Å²) < 4.78 is 7.58. The monoisotopic (exact) mass is 753 g/mol. The normalized spacial score (nSPS) is 19.6. The van der Waals surface area contributed by atoms with Crippen LogP contribution in [0.5, 0.6) is 17.2 Å². The van der Waals surface area contributed by atoms with Crippen molar-refractivity contribution < 1.29 is 24.2 Å². The topological polar surface area (TPSA) is 106 Å². The van der Waals surface area contributed by atoms with Crippen molar-refractivity contribution in [2.75, 3.05) is 55.6 Å². The number of piperidine rings is 2. The molecule has 0 bridgehead atoms. The molecule has 12 heteroatoms. The van der Waals surface area contributed by atoms with Crippen molar-refractivity contribution >= 4 is 63.8 Å². The van der Waals surface area contributed by atoms with Crippen LogP contribution in [-0.2, 0) is 16.1 Å². The van der Waals surface area contributed by atoms with E-state index >= 15 is 0 Å². The Bertz CT molecular complexity index is 2260. The summed E-state index contributed by atoms with van der Waals surface area (Å²) in [5.41, 5.74) is 6.26. The van der Waals surface area contributed by atoms with Crippen LogP contribution in [0.15, 0.2) is 84.9 Å². The average molecular weight is 754 g/mol. The van der Waals surface area contributed by atoms with Crippen LogP contribution in [0.3, 0.4) is 0 Å². The van der Waals surface area contributed by atoms with Crippen molar-refractivity contribution in [1.82, 2.24) is 15.1 Å². The maximum Gasteiger partial charge on any atom is 0.255 e. The molecule has 3 saturated heterocycles. The number of rotatable bonds is 8. The minimum absolute atomic E-state index is 0.125. The molecule has 55 heavy (non-hydrogen) atoms. The number of fused-ring (bicyclic) bond motifs is 2. The molecular formula is C43H44BN5O5S. The van der Waals surface area contributed by atoms with Gasteiger partial charge < -0.3 is 24.5 Å². The van der Waals surface area contributed by atoms with Crippen LogP contribution in [0.25, 0.3) is 20.5 Å². The van der Waals surface area contributed by atoms with Crippen LogP contribution in [0.1, 0.15) is 41.6 Å². The Kier molecular flexibility index (Phi) is 9.47. The first-order chi connectivity index (χ1) is 26.8. The predicted molar refractivity (Wildman–Crippen MR) is 220 cm³/mol. The summed E-state index contributed by atoms with van der Waals surface area (Å²) in [6.07, 6.45) is 2.90. The second-order valence-electron chi connectivity index (χ2n) is 15.4. The van der Waals surface area contributed by atoms with Crippen molar-refractivity contribution in [3.8, 4) is 27.7 Å². The lowest BCUT2D eigenvalue weighted by atomic mass is 9.95. The van der Waals surface area contributed by atoms with E-state index in [1.807, 2.05) is 18.2 Å². The lowest BCUT2D eigenvalue weighted by molar-refractivity contribution is -0.136. The van der Waals surface area contributed by atoms with Gasteiger partial charge in [0.05, 0.1) is 4.88 Å². The molecule has 5 aromatic rings. The number of carbonyl (C=O) groups is 3. The van der Waals surface area contributed by atoms with Crippen LogP contribution in [0, 0.1) is 5.92 Å². The maximum atomic E-state index is 13.1. The van der Waals surface area contributed by atoms with E-state index in [9.17, 15) is 19.5 Å². The zero-order valence-electron chi connectivity index (χ0n) is 31.0. The van der Waals surface area contributed by atoms with Gasteiger partial charge in [0, 0.05) is 85.8 Å². The van der Waals surface area contributed by atoms with Crippen LogP contribution in [-0.4, -0.2) is 92.3 Å². The second-order valence-corrected chi connectivity index (χ2v) is 16.4. The molecule has 0 radical (unpaired) electrons. The summed E-state index contributed by atoms with van der Waals surface area (Å²) >= 11 is 1.63. The summed E-state index contributed by atoms with van der Waals surface area (Å²) in [6, 6.07) is 27.9. The highest BCUT2D eigenvalue weighted by molar-refractivity contribution is 7.22. The van der Waals surface area contributed by atoms with Gasteiger partial charge in [-0.25, -0.2) is 0 Å². The molecule has 1 atom stereocenters. The van der Waals surface area contributed by atoms with E-state index in [2.05, 4.69) is 82.5 Å². The van der Waals surface area contributed by atoms with Crippen molar-refractivity contribution in [3.05, 3.63) is 96.1 Å². The molecule has 0 saturated carbocycles. The number of benzene rings is 4. The fourth-order valence-electron chi connectivity index (χ4n) is 8.59. The molecule has 1 unspecified atom stereocenters. The lowest BCUT2D eigenvalue weighted by Crippen LogP contribution is -2.52. The molecule has 4 aromatic carbocycles. The standard InChI is InChI=1S/C43H44BN5O5S/c44-30-3-1-28(2-4-30)41-40(36-12-8-33(50)24-38(36)55-41)54-34-9-5-31(6-10-34)48-21-19-46(20-22-48)25-27-15-17-47(18-16-27)32-7-11-35-29(23-32)26-49(43(35)53)37-13-14-39(51)45-42(37)52/h1-12,23-24,27,37,50H,13-22,25-26,44H2,(H,45,51,52). The first-order valence-electron chi connectivity index (χ1n) is 19.4. The largest absolute Gasteiger partial charge is 0.508 e. The maximum absolute atomic E-state index is 13.1. The number of amides is 3. The smallest absolute Gasteiger partial charge is 0.255 e. The van der Waals surface area contributed by atoms with Gasteiger partial charge in [0.1, 0.15) is 25.4 Å². The minimum atomic E-state index is -0.589. The Balaban J connectivity index is 0.769. The van der Waals surface area contributed by atoms with Crippen LogP contribution < -0.4 is 25.3 Å². The third kappa shape index (κ3) is 7.16. The Morgan fingerprint density at radius 2 is 1.53 bits per heavy atom. The molecule has 0 spiro atoms. The molecule has 280 valence electrons. The highest BCUT2D eigenvalue weighted by Gasteiger charge is 2.39. The first kappa shape index (κ1) is 35.4. The van der Waals surface area contributed by atoms with E-state index in [0.29, 0.717) is 24.4 Å². The van der Waals surface area contributed by atoms with Crippen molar-refractivity contribution in [3.63, 3.8) is 0 Å². The number of hydrogen-bond acceptors (Lipinski definition) is 9. The number of hydrogen-bond donors (Lipinski definition) is 2. The SMILES string of the molecule is Bc1ccc(-c2sc3cc(O)ccc3c2Oc2ccc(N3CCN(CC4CCN(c5ccc6c(c5)CN(C5CCC(=O)NC5=O)C6=O)CC4)CC3)cc2)cc1. The summed E-state index contributed by atoms with van der Waals surface area (Å²) in [7, 11) is 2.09. The Morgan fingerprint density at radius 3 is 2.27 bits per heavy atom. The molecule has 5 heterocycles. The second kappa shape index (κ2) is 14.7. The molecule has 2 N–H and O–H groups in total. The van der Waals surface area contributed by atoms with Crippen LogP contribution in [0.4, 0.5) is 11.4 Å². The van der Waals surface area contributed by atoms with Gasteiger partial charge in [-0.1, -0.05) is 29.7 Å². The van der Waals surface area contributed by atoms with E-state index < -0.39 is 6.04 Å². The highest BCUT2D eigenvalue weighted by Crippen LogP contribution is 2.47. The molecule has 1 aromatic heterocycles. The molecule has 0 aliphatic carbocycles. The third-order valence-corrected chi connectivity index (χ3v) is 12.9. The minimum Gasteiger partial charge on any atom is -0.508 e. The fraction of sp³-hybridized carbons (Fsp3) is 0.326. The van der Waals surface area contributed by atoms with Gasteiger partial charge in [-0.3, -0.25) is 24.6 Å². The fourth-order valence-corrected chi connectivity index (χ4v) is 9.75. The average Bonchev–Trinajstić information content (AvgIpc) is 3.71. The highest BCUT2D eigenvalue weighted by atomic mass is 32.1. The van der Waals surface area contributed by atoms with Gasteiger partial charge in [0.25, 0.3) is 5.91 Å². The van der Waals surface area contributed by atoms with Gasteiger partial charge in [0.2, 0.25) is 11.8 Å². The number of phenolic OH excluding ortho intramolecular Hbond substituents is 1. The summed E-state index contributed by atoms with van der Waals surface area (Å²) in [5, 5.41) is 13.5. The lowest BCUT2D eigenvalue weighted by Gasteiger charge is -2.40.